The molecule has 0 aliphatic rings. The van der Waals surface area contributed by atoms with Crippen LogP contribution in [0.15, 0.2) is 36.4 Å². The van der Waals surface area contributed by atoms with Crippen molar-refractivity contribution in [2.24, 2.45) is 0 Å². The van der Waals surface area contributed by atoms with Gasteiger partial charge in [-0.1, -0.05) is 35.4 Å². The van der Waals surface area contributed by atoms with E-state index in [-0.39, 0.29) is 11.1 Å². The average Bonchev–Trinajstić information content (AvgIpc) is 2.33. The van der Waals surface area contributed by atoms with E-state index < -0.39 is 5.82 Å². The summed E-state index contributed by atoms with van der Waals surface area (Å²) in [4.78, 5) is 0. The Morgan fingerprint density at radius 1 is 1.11 bits per heavy atom. The van der Waals surface area contributed by atoms with Gasteiger partial charge in [0.25, 0.3) is 0 Å². The van der Waals surface area contributed by atoms with Crippen molar-refractivity contribution in [1.82, 2.24) is 0 Å². The molecule has 2 rings (SSSR count). The highest BCUT2D eigenvalue weighted by atomic mass is 35.5. The third-order valence-corrected chi connectivity index (χ3v) is 3.48. The average molecular weight is 278 g/mol. The van der Waals surface area contributed by atoms with Crippen LogP contribution in [0.3, 0.4) is 0 Å². The molecule has 0 saturated carbocycles. The molecule has 2 aromatic rings. The molecule has 0 spiro atoms. The van der Waals surface area contributed by atoms with Crippen LogP contribution in [-0.4, -0.2) is 0 Å². The van der Waals surface area contributed by atoms with Crippen molar-refractivity contribution in [1.29, 1.82) is 0 Å². The molecule has 0 heterocycles. The lowest BCUT2D eigenvalue weighted by atomic mass is 10.00. The van der Waals surface area contributed by atoms with Crippen molar-refractivity contribution < 1.29 is 4.39 Å². The first kappa shape index (κ1) is 13.9. The second-order valence-corrected chi connectivity index (χ2v) is 5.26. The van der Waals surface area contributed by atoms with Gasteiger partial charge in [-0.25, -0.2) is 4.39 Å². The maximum absolute atomic E-state index is 13.1. The maximum Gasteiger partial charge on any atom is 0.141 e. The van der Waals surface area contributed by atoms with E-state index >= 15 is 0 Å². The van der Waals surface area contributed by atoms with Crippen LogP contribution in [0, 0.1) is 19.7 Å². The van der Waals surface area contributed by atoms with Crippen molar-refractivity contribution in [2.75, 3.05) is 5.32 Å². The summed E-state index contributed by atoms with van der Waals surface area (Å²) >= 11 is 5.78. The van der Waals surface area contributed by atoms with Crippen molar-refractivity contribution in [3.05, 3.63) is 63.9 Å². The van der Waals surface area contributed by atoms with Gasteiger partial charge >= 0.3 is 0 Å². The Morgan fingerprint density at radius 3 is 2.47 bits per heavy atom. The normalized spacial score (nSPS) is 12.3. The van der Waals surface area contributed by atoms with E-state index in [4.69, 9.17) is 11.6 Å². The number of hydrogen-bond donors (Lipinski definition) is 1. The Morgan fingerprint density at radius 2 is 1.84 bits per heavy atom. The molecule has 0 bridgehead atoms. The largest absolute Gasteiger partial charge is 0.378 e. The minimum absolute atomic E-state index is 0.137. The number of hydrogen-bond acceptors (Lipinski definition) is 1. The van der Waals surface area contributed by atoms with Crippen LogP contribution in [0.2, 0.25) is 5.02 Å². The molecule has 1 N–H and O–H groups in total. The molecule has 0 amide bonds. The van der Waals surface area contributed by atoms with Gasteiger partial charge in [0.2, 0.25) is 0 Å². The highest BCUT2D eigenvalue weighted by molar-refractivity contribution is 6.31. The molecule has 0 radical (unpaired) electrons. The zero-order valence-electron chi connectivity index (χ0n) is 11.3. The third kappa shape index (κ3) is 3.27. The minimum atomic E-state index is -0.397. The SMILES string of the molecule is Cc1ccc(C(C)Nc2ccc(F)c(Cl)c2)c(C)c1. The van der Waals surface area contributed by atoms with Crippen molar-refractivity contribution in [2.45, 2.75) is 26.8 Å². The molecule has 1 atom stereocenters. The second kappa shape index (κ2) is 5.62. The first-order valence-corrected chi connectivity index (χ1v) is 6.64. The molecule has 0 aliphatic heterocycles. The Hall–Kier alpha value is -1.54. The number of anilines is 1. The molecule has 2 aromatic carbocycles. The first-order valence-electron chi connectivity index (χ1n) is 6.26. The molecule has 3 heteroatoms. The quantitative estimate of drug-likeness (QED) is 0.806. The van der Waals surface area contributed by atoms with Gasteiger partial charge in [0.1, 0.15) is 5.82 Å². The third-order valence-electron chi connectivity index (χ3n) is 3.19. The summed E-state index contributed by atoms with van der Waals surface area (Å²) in [5, 5.41) is 3.47. The highest BCUT2D eigenvalue weighted by Crippen LogP contribution is 2.25. The summed E-state index contributed by atoms with van der Waals surface area (Å²) in [5.74, 6) is -0.397. The topological polar surface area (TPSA) is 12.0 Å². The maximum atomic E-state index is 13.1. The molecule has 0 aromatic heterocycles. The van der Waals surface area contributed by atoms with Gasteiger partial charge in [-0.05, 0) is 50.1 Å². The summed E-state index contributed by atoms with van der Waals surface area (Å²) in [6, 6.07) is 11.2. The number of aryl methyl sites for hydroxylation is 2. The van der Waals surface area contributed by atoms with Gasteiger partial charge in [0, 0.05) is 11.7 Å². The molecular formula is C16H17ClFN. The van der Waals surface area contributed by atoms with Gasteiger partial charge in [0.15, 0.2) is 0 Å². The van der Waals surface area contributed by atoms with Gasteiger partial charge in [0.05, 0.1) is 5.02 Å². The summed E-state index contributed by atoms with van der Waals surface area (Å²) in [5.41, 5.74) is 4.54. The molecule has 0 aliphatic carbocycles. The van der Waals surface area contributed by atoms with Gasteiger partial charge in [-0.3, -0.25) is 0 Å². The number of halogens is 2. The monoisotopic (exact) mass is 277 g/mol. The van der Waals surface area contributed by atoms with E-state index in [9.17, 15) is 4.39 Å². The predicted molar refractivity (Wildman–Crippen MR) is 79.4 cm³/mol. The summed E-state index contributed by atoms with van der Waals surface area (Å²) < 4.78 is 13.1. The smallest absolute Gasteiger partial charge is 0.141 e. The van der Waals surface area contributed by atoms with E-state index in [0.29, 0.717) is 0 Å². The van der Waals surface area contributed by atoms with Gasteiger partial charge in [-0.15, -0.1) is 0 Å². The van der Waals surface area contributed by atoms with Crippen molar-refractivity contribution in [3.8, 4) is 0 Å². The molecular weight excluding hydrogens is 261 g/mol. The van der Waals surface area contributed by atoms with E-state index in [0.717, 1.165) is 5.69 Å². The van der Waals surface area contributed by atoms with Crippen LogP contribution >= 0.6 is 11.6 Å². The van der Waals surface area contributed by atoms with Crippen molar-refractivity contribution in [3.63, 3.8) is 0 Å². The summed E-state index contributed by atoms with van der Waals surface area (Å²) in [7, 11) is 0. The molecule has 1 nitrogen and oxygen atoms in total. The lowest BCUT2D eigenvalue weighted by Gasteiger charge is -2.18. The fraction of sp³-hybridized carbons (Fsp3) is 0.250. The minimum Gasteiger partial charge on any atom is -0.378 e. The van der Waals surface area contributed by atoms with Crippen LogP contribution in [-0.2, 0) is 0 Å². The van der Waals surface area contributed by atoms with E-state index in [1.54, 1.807) is 12.1 Å². The Bertz CT molecular complexity index is 595. The molecule has 1 unspecified atom stereocenters. The number of benzene rings is 2. The summed E-state index contributed by atoms with van der Waals surface area (Å²) in [6.07, 6.45) is 0. The molecule has 100 valence electrons. The van der Waals surface area contributed by atoms with Crippen molar-refractivity contribution >= 4 is 17.3 Å². The zero-order chi connectivity index (χ0) is 14.0. The highest BCUT2D eigenvalue weighted by Gasteiger charge is 2.09. The van der Waals surface area contributed by atoms with Gasteiger partial charge < -0.3 is 5.32 Å². The lowest BCUT2D eigenvalue weighted by Crippen LogP contribution is -2.08. The molecule has 19 heavy (non-hydrogen) atoms. The lowest BCUT2D eigenvalue weighted by molar-refractivity contribution is 0.628. The molecule has 0 fully saturated rings. The fourth-order valence-corrected chi connectivity index (χ4v) is 2.41. The Balaban J connectivity index is 2.20. The second-order valence-electron chi connectivity index (χ2n) is 4.85. The van der Waals surface area contributed by atoms with Crippen LogP contribution in [0.4, 0.5) is 10.1 Å². The first-order chi connectivity index (χ1) is 8.97. The zero-order valence-corrected chi connectivity index (χ0v) is 12.1. The van der Waals surface area contributed by atoms with E-state index in [1.165, 1.54) is 22.8 Å². The Labute approximate surface area is 118 Å². The fourth-order valence-electron chi connectivity index (χ4n) is 2.23. The molecule has 0 saturated heterocycles. The van der Waals surface area contributed by atoms with Crippen LogP contribution in [0.25, 0.3) is 0 Å². The number of rotatable bonds is 3. The van der Waals surface area contributed by atoms with Crippen LogP contribution < -0.4 is 5.32 Å². The summed E-state index contributed by atoms with van der Waals surface area (Å²) in [6.45, 7) is 6.25. The predicted octanol–water partition coefficient (Wildman–Crippen LogP) is 5.27. The van der Waals surface area contributed by atoms with E-state index in [1.807, 2.05) is 0 Å². The van der Waals surface area contributed by atoms with Crippen LogP contribution in [0.1, 0.15) is 29.7 Å². The van der Waals surface area contributed by atoms with E-state index in [2.05, 4.69) is 44.3 Å². The standard InChI is InChI=1S/C16H17ClFN/c1-10-4-6-14(11(2)8-10)12(3)19-13-5-7-16(18)15(17)9-13/h4-9,12,19H,1-3H3. The Kier molecular flexibility index (Phi) is 4.11. The number of nitrogens with one attached hydrogen (secondary N) is 1. The van der Waals surface area contributed by atoms with Gasteiger partial charge in [-0.2, -0.15) is 0 Å². The van der Waals surface area contributed by atoms with Crippen LogP contribution in [0.5, 0.6) is 0 Å².